The molecule has 0 aromatic rings. The third kappa shape index (κ3) is 36.6. The van der Waals surface area contributed by atoms with Gasteiger partial charge >= 0.3 is 23.5 Å². The fourth-order valence-electron chi connectivity index (χ4n) is 6.14. The van der Waals surface area contributed by atoms with Gasteiger partial charge in [0.2, 0.25) is 0 Å². The molecular weight excluding hydrogens is 812 g/mol. The molecule has 0 heterocycles. The minimum atomic E-state index is -5.14. The highest BCUT2D eigenvalue weighted by Crippen LogP contribution is 2.57. The summed E-state index contributed by atoms with van der Waals surface area (Å²) in [6.07, 6.45) is 27.3. The summed E-state index contributed by atoms with van der Waals surface area (Å²) in [7, 11) is -19.6. The average Bonchev–Trinajstić information content (AvgIpc) is 3.02. The molecule has 0 aliphatic carbocycles. The summed E-state index contributed by atoms with van der Waals surface area (Å²) < 4.78 is 57.3. The van der Waals surface area contributed by atoms with Crippen LogP contribution in [0.5, 0.6) is 0 Å². The zero-order chi connectivity index (χ0) is 43.7. The maximum Gasteiger partial charge on any atom is 0.481 e. The Morgan fingerprint density at radius 3 is 1.56 bits per heavy atom. The first-order chi connectivity index (χ1) is 26.3. The second kappa shape index (κ2) is 29.3. The van der Waals surface area contributed by atoms with Gasteiger partial charge in [0.25, 0.3) is 0 Å². The second-order valence-electron chi connectivity index (χ2n) is 15.8. The molecule has 57 heavy (non-hydrogen) atoms. The molecule has 0 saturated carbocycles. The van der Waals surface area contributed by atoms with E-state index in [9.17, 15) is 28.0 Å². The lowest BCUT2D eigenvalue weighted by Crippen LogP contribution is -2.08. The molecule has 0 radical (unpaired) electrons. The van der Waals surface area contributed by atoms with Crippen LogP contribution in [0.3, 0.4) is 0 Å². The van der Waals surface area contributed by atoms with Crippen molar-refractivity contribution in [2.75, 3.05) is 12.8 Å². The number of phosphoric acid groups is 3. The Morgan fingerprint density at radius 1 is 0.561 bits per heavy atom. The van der Waals surface area contributed by atoms with Crippen molar-refractivity contribution < 1.29 is 60.8 Å². The van der Waals surface area contributed by atoms with Gasteiger partial charge in [-0.2, -0.15) is 4.31 Å². The van der Waals surface area contributed by atoms with Crippen LogP contribution in [0, 0.1) is 11.8 Å². The van der Waals surface area contributed by atoms with Gasteiger partial charge in [-0.05, 0) is 143 Å². The van der Waals surface area contributed by atoms with E-state index in [-0.39, 0.29) is 18.9 Å². The summed E-state index contributed by atoms with van der Waals surface area (Å²) in [5.41, 5.74) is 7.78. The van der Waals surface area contributed by atoms with Gasteiger partial charge in [-0.25, -0.2) is 18.0 Å². The SMILES string of the molecule is CC(C)=CCC/C(C)=C/CC/C(=C\CCC(C)CCCP(=O)([O-])OP(=O)(O)O)CC(C)CCC/C(C)=C/CC/C(C)=C/CC/C(C)=C/COP(=O)(O)OP(=O)(O)O. The van der Waals surface area contributed by atoms with Crippen LogP contribution < -0.4 is 4.89 Å². The van der Waals surface area contributed by atoms with Gasteiger partial charge in [0.05, 0.1) is 6.61 Å². The smallest absolute Gasteiger partial charge is 0.481 e. The Labute approximate surface area is 343 Å². The summed E-state index contributed by atoms with van der Waals surface area (Å²) in [6.45, 7) is 16.7. The van der Waals surface area contributed by atoms with Crippen molar-refractivity contribution in [3.8, 4) is 0 Å². The van der Waals surface area contributed by atoms with E-state index >= 15 is 0 Å². The van der Waals surface area contributed by atoms with Crippen LogP contribution in [-0.2, 0) is 31.4 Å². The van der Waals surface area contributed by atoms with Crippen LogP contribution in [0.15, 0.2) is 69.9 Å². The van der Waals surface area contributed by atoms with Crippen molar-refractivity contribution >= 4 is 31.1 Å². The minimum Gasteiger partial charge on any atom is -0.778 e. The number of hydrogen-bond donors (Lipinski definition) is 5. The van der Waals surface area contributed by atoms with Gasteiger partial charge < -0.3 is 33.9 Å². The summed E-state index contributed by atoms with van der Waals surface area (Å²) in [6, 6.07) is 0. The molecule has 0 bridgehead atoms. The molecule has 4 unspecified atom stereocenters. The van der Waals surface area contributed by atoms with Crippen molar-refractivity contribution in [3.05, 3.63) is 69.9 Å². The first-order valence-corrected chi connectivity index (χ1v) is 26.3. The molecular formula is C40H73O13P4-. The molecule has 0 spiro atoms. The molecule has 0 aromatic heterocycles. The minimum absolute atomic E-state index is 0.264. The van der Waals surface area contributed by atoms with E-state index in [4.69, 9.17) is 19.6 Å². The normalized spacial score (nSPS) is 17.3. The maximum absolute atomic E-state index is 11.8. The van der Waals surface area contributed by atoms with E-state index in [1.54, 1.807) is 6.08 Å². The molecule has 4 atom stereocenters. The molecule has 5 N–H and O–H groups in total. The summed E-state index contributed by atoms with van der Waals surface area (Å²) in [4.78, 5) is 56.1. The molecule has 0 fully saturated rings. The largest absolute Gasteiger partial charge is 0.778 e. The number of phosphoric ester groups is 1. The highest BCUT2D eigenvalue weighted by molar-refractivity contribution is 7.62. The Bertz CT molecular complexity index is 1560. The zero-order valence-corrected chi connectivity index (χ0v) is 39.2. The monoisotopic (exact) mass is 885 g/mol. The topological polar surface area (TPSA) is 220 Å². The van der Waals surface area contributed by atoms with Crippen molar-refractivity contribution in [1.82, 2.24) is 0 Å². The first kappa shape index (κ1) is 56.0. The number of rotatable bonds is 32. The van der Waals surface area contributed by atoms with Crippen molar-refractivity contribution in [2.24, 2.45) is 11.8 Å². The second-order valence-corrected chi connectivity index (χ2v) is 21.9. The number of hydrogen-bond acceptors (Lipinski definition) is 8. The van der Waals surface area contributed by atoms with Crippen LogP contribution in [0.4, 0.5) is 0 Å². The Hall–Kier alpha value is -1.00. The van der Waals surface area contributed by atoms with Crippen molar-refractivity contribution in [2.45, 2.75) is 158 Å². The van der Waals surface area contributed by atoms with Crippen LogP contribution in [0.1, 0.15) is 158 Å². The van der Waals surface area contributed by atoms with E-state index in [1.165, 1.54) is 27.9 Å². The zero-order valence-electron chi connectivity index (χ0n) is 35.6. The van der Waals surface area contributed by atoms with E-state index in [0.717, 1.165) is 89.0 Å². The Kier molecular flexibility index (Phi) is 28.8. The van der Waals surface area contributed by atoms with Gasteiger partial charge in [-0.1, -0.05) is 96.6 Å². The maximum atomic E-state index is 11.8. The van der Waals surface area contributed by atoms with Gasteiger partial charge in [0, 0.05) is 6.16 Å². The quantitative estimate of drug-likeness (QED) is 0.0314. The lowest BCUT2D eigenvalue weighted by atomic mass is 9.91. The predicted molar refractivity (Wildman–Crippen MR) is 229 cm³/mol. The van der Waals surface area contributed by atoms with E-state index in [1.807, 2.05) is 6.92 Å². The third-order valence-corrected chi connectivity index (χ3v) is 14.2. The molecule has 17 heteroatoms. The molecule has 13 nitrogen and oxygen atoms in total. The lowest BCUT2D eigenvalue weighted by molar-refractivity contribution is -0.191. The van der Waals surface area contributed by atoms with Crippen molar-refractivity contribution in [1.29, 1.82) is 0 Å². The summed E-state index contributed by atoms with van der Waals surface area (Å²) >= 11 is 0. The molecule has 332 valence electrons. The van der Waals surface area contributed by atoms with Gasteiger partial charge in [0.15, 0.2) is 0 Å². The van der Waals surface area contributed by atoms with Crippen LogP contribution in [-0.4, -0.2) is 37.2 Å². The Morgan fingerprint density at radius 2 is 1.04 bits per heavy atom. The van der Waals surface area contributed by atoms with E-state index in [0.29, 0.717) is 18.8 Å². The predicted octanol–water partition coefficient (Wildman–Crippen LogP) is 12.1. The van der Waals surface area contributed by atoms with Crippen molar-refractivity contribution in [3.63, 3.8) is 0 Å². The van der Waals surface area contributed by atoms with E-state index < -0.39 is 37.2 Å². The fourth-order valence-corrected chi connectivity index (χ4v) is 9.86. The third-order valence-electron chi connectivity index (χ3n) is 9.32. The number of allylic oxidation sites excluding steroid dienone is 11. The van der Waals surface area contributed by atoms with Crippen LogP contribution in [0.25, 0.3) is 0 Å². The van der Waals surface area contributed by atoms with Gasteiger partial charge in [0.1, 0.15) is 7.60 Å². The molecule has 0 aliphatic heterocycles. The molecule has 0 saturated heterocycles. The summed E-state index contributed by atoms with van der Waals surface area (Å²) in [5.74, 6) is 0.805. The molecule has 0 amide bonds. The summed E-state index contributed by atoms with van der Waals surface area (Å²) in [5, 5.41) is 0. The fraction of sp³-hybridized carbons (Fsp3) is 0.700. The van der Waals surface area contributed by atoms with Crippen LogP contribution >= 0.6 is 31.1 Å². The molecule has 0 aliphatic rings. The van der Waals surface area contributed by atoms with Crippen LogP contribution in [0.2, 0.25) is 0 Å². The molecule has 0 rings (SSSR count). The average molecular weight is 886 g/mol. The lowest BCUT2D eigenvalue weighted by Gasteiger charge is -2.23. The highest BCUT2D eigenvalue weighted by atomic mass is 31.3. The Balaban J connectivity index is 4.94. The van der Waals surface area contributed by atoms with E-state index in [2.05, 4.69) is 92.0 Å². The van der Waals surface area contributed by atoms with Gasteiger partial charge in [-0.3, -0.25) is 4.52 Å². The standard InChI is InChI=1S/C40H74O13P4/c1-33(2)16-9-17-34(3)23-13-27-40(28-14-24-37(6)26-15-31-54(41,42)52-55(43,44)45)32-39(8)25-12-21-36(5)19-10-18-35(4)20-11-22-38(7)29-30-51-57(49,50)53-56(46,47)48/h16,19-20,23,28-29,37,39H,9-15,17-18,21-22,24-27,30-32H2,1-8H3,(H,41,42)(H,49,50)(H2,43,44,45)(H2,46,47,48)/p-1/b34-23+,35-20+,36-19+,38-29+,40-28+. The highest BCUT2D eigenvalue weighted by Gasteiger charge is 2.31. The first-order valence-electron chi connectivity index (χ1n) is 20.0. The van der Waals surface area contributed by atoms with Gasteiger partial charge in [-0.15, -0.1) is 0 Å². The molecule has 0 aromatic carbocycles.